The molecule has 6 N–H and O–H groups in total. The average molecular weight is 1100 g/mol. The number of rotatable bonds is 14. The van der Waals surface area contributed by atoms with Crippen molar-refractivity contribution in [1.82, 2.24) is 0 Å². The monoisotopic (exact) mass is 1100 g/mol. The van der Waals surface area contributed by atoms with Gasteiger partial charge in [-0.05, 0) is 88.6 Å². The second-order valence-corrected chi connectivity index (χ2v) is 25.8. The smallest absolute Gasteiger partial charge is 0.295 e. The first kappa shape index (κ1) is 53.8. The lowest BCUT2D eigenvalue weighted by Crippen LogP contribution is -2.72. The Morgan fingerprint density at radius 3 is 1.72 bits per heavy atom. The molecule has 0 radical (unpaired) electrons. The van der Waals surface area contributed by atoms with Gasteiger partial charge in [-0.25, -0.2) is 16.8 Å². The van der Waals surface area contributed by atoms with Crippen LogP contribution in [0, 0.1) is 0 Å². The maximum atomic E-state index is 12.9. The van der Waals surface area contributed by atoms with Crippen LogP contribution in [0.15, 0.2) is 175 Å². The zero-order valence-electron chi connectivity index (χ0n) is 37.8. The van der Waals surface area contributed by atoms with Crippen molar-refractivity contribution in [3.05, 3.63) is 156 Å². The number of hydrogen-bond donors (Lipinski definition) is 5. The molecule has 1 aliphatic heterocycles. The third kappa shape index (κ3) is 10.4. The second-order valence-electron chi connectivity index (χ2n) is 17.5. The molecule has 6 aromatic carbocycles. The molecule has 0 aliphatic carbocycles. The quantitative estimate of drug-likeness (QED) is 0.0455. The van der Waals surface area contributed by atoms with Gasteiger partial charge in [0.1, 0.15) is 36.5 Å². The first-order valence-corrected chi connectivity index (χ1v) is 29.2. The number of quaternary nitrogens is 1. The third-order valence-electron chi connectivity index (χ3n) is 12.1. The van der Waals surface area contributed by atoms with E-state index in [-0.39, 0.29) is 49.9 Å². The van der Waals surface area contributed by atoms with Crippen LogP contribution in [0.1, 0.15) is 38.8 Å². The molecular weight excluding hydrogens is 1060 g/mol. The maximum absolute atomic E-state index is 12.9. The third-order valence-corrected chi connectivity index (χ3v) is 17.2. The number of nitrogens with zero attached hydrogens (tertiary/aromatic N) is 1. The molecule has 0 amide bonds. The van der Waals surface area contributed by atoms with Crippen molar-refractivity contribution >= 4 is 105 Å². The molecule has 0 atom stereocenters. The van der Waals surface area contributed by atoms with Gasteiger partial charge in [0.2, 0.25) is 0 Å². The lowest BCUT2D eigenvalue weighted by Gasteiger charge is -2.29. The van der Waals surface area contributed by atoms with E-state index >= 15 is 0 Å². The Bertz CT molecular complexity index is 4140. The second kappa shape index (κ2) is 18.2. The molecule has 0 saturated heterocycles. The fourth-order valence-electron chi connectivity index (χ4n) is 8.71. The SMILES string of the molecule is C=C(/C=C/C=C/C=C1/N(c2cccc(S(=O)(=O)O)c2)c2cc(S(=O)(=O)[O-])c3cc(S(=O)(=O)[O-])ccc3c2C1(C)C)C(C)(C)c1c([NH2+]c2cccc(S(=O)(=O)O)c2)cc(S(=O)(=O)O)c2cc(S(=O)(=O)O)ccc12. The van der Waals surface area contributed by atoms with Gasteiger partial charge in [0, 0.05) is 50.7 Å². The van der Waals surface area contributed by atoms with E-state index in [2.05, 4.69) is 6.58 Å². The Morgan fingerprint density at radius 1 is 0.597 bits per heavy atom. The van der Waals surface area contributed by atoms with Gasteiger partial charge >= 0.3 is 0 Å². The summed E-state index contributed by atoms with van der Waals surface area (Å²) in [5.74, 6) is 0. The molecule has 0 bridgehead atoms. The summed E-state index contributed by atoms with van der Waals surface area (Å²) in [5, 5.41) is 0.797. The van der Waals surface area contributed by atoms with Crippen molar-refractivity contribution in [2.75, 3.05) is 4.90 Å². The largest absolute Gasteiger partial charge is 0.744 e. The highest BCUT2D eigenvalue weighted by Crippen LogP contribution is 2.55. The highest BCUT2D eigenvalue weighted by Gasteiger charge is 2.43. The van der Waals surface area contributed by atoms with E-state index in [1.807, 2.05) is 0 Å². The van der Waals surface area contributed by atoms with Gasteiger partial charge in [0.25, 0.3) is 40.5 Å². The number of hydrogen-bond acceptors (Lipinski definition) is 15. The first-order valence-electron chi connectivity index (χ1n) is 20.6. The summed E-state index contributed by atoms with van der Waals surface area (Å²) in [7, 11) is -30.1. The Labute approximate surface area is 414 Å². The number of allylic oxidation sites excluding steroid dienone is 7. The minimum atomic E-state index is -5.39. The summed E-state index contributed by atoms with van der Waals surface area (Å²) in [6.45, 7) is 11.0. The fourth-order valence-corrected chi connectivity index (χ4v) is 12.2. The molecule has 0 unspecified atom stereocenters. The molecule has 0 fully saturated rings. The summed E-state index contributed by atoms with van der Waals surface area (Å²) in [6.07, 6.45) is 7.71. The van der Waals surface area contributed by atoms with E-state index in [9.17, 15) is 77.8 Å². The van der Waals surface area contributed by atoms with Gasteiger partial charge in [0.05, 0.1) is 30.2 Å². The highest BCUT2D eigenvalue weighted by atomic mass is 32.2. The van der Waals surface area contributed by atoms with E-state index in [4.69, 9.17) is 0 Å². The van der Waals surface area contributed by atoms with E-state index in [0.717, 1.165) is 60.7 Å². The Balaban J connectivity index is 1.37. The van der Waals surface area contributed by atoms with Crippen LogP contribution in [0.2, 0.25) is 0 Å². The summed E-state index contributed by atoms with van der Waals surface area (Å²) in [5.41, 5.74) is -0.893. The number of benzene rings is 6. The van der Waals surface area contributed by atoms with Crippen LogP contribution in [0.4, 0.5) is 22.7 Å². The zero-order valence-corrected chi connectivity index (χ0v) is 42.7. The normalized spacial score (nSPS) is 15.6. The van der Waals surface area contributed by atoms with Crippen LogP contribution in [-0.2, 0) is 71.5 Å². The summed E-state index contributed by atoms with van der Waals surface area (Å²) < 4.78 is 213. The molecule has 20 nitrogen and oxygen atoms in total. The Morgan fingerprint density at radius 2 is 1.14 bits per heavy atom. The Hall–Kier alpha value is -5.98. The number of nitrogens with two attached hydrogens (primary N) is 1. The lowest BCUT2D eigenvalue weighted by atomic mass is 9.75. The standard InChI is InChI=1S/C46H42N2O18S6/c1-27(45(2,3)43-34-19-17-32(69(55,56)57)23-36(34)40(71(61,62)63)25-38(43)47-28-12-9-14-30(21-28)67(49,50)51)11-7-6-8-16-42-46(4,5)44-35-20-18-33(70(58,59)60)24-37(35)41(72(64,65)66)26-39(44)48(42)29-13-10-15-31(22-29)68(52,53)54/h6-26,47H,1H2,2-5H3,(H,49,50,51)(H,52,53,54)(H,55,56,57)(H,58,59,60)(H,61,62,63)(H,64,65,66)/p-1/b8-6+,11-7+,42-16+. The zero-order chi connectivity index (χ0) is 53.5. The molecule has 0 aromatic heterocycles. The molecule has 6 aromatic rings. The van der Waals surface area contributed by atoms with Gasteiger partial charge in [0.15, 0.2) is 0 Å². The van der Waals surface area contributed by atoms with Crippen molar-refractivity contribution in [1.29, 1.82) is 0 Å². The van der Waals surface area contributed by atoms with Crippen LogP contribution in [0.5, 0.6) is 0 Å². The number of anilines is 2. The summed E-state index contributed by atoms with van der Waals surface area (Å²) in [4.78, 5) is -2.78. The van der Waals surface area contributed by atoms with Crippen molar-refractivity contribution < 1.29 is 83.1 Å². The molecule has 7 rings (SSSR count). The summed E-state index contributed by atoms with van der Waals surface area (Å²) in [6, 6.07) is 17.9. The van der Waals surface area contributed by atoms with Crippen LogP contribution >= 0.6 is 0 Å². The lowest BCUT2D eigenvalue weighted by molar-refractivity contribution is -0.479. The highest BCUT2D eigenvalue weighted by molar-refractivity contribution is 7.87. The predicted molar refractivity (Wildman–Crippen MR) is 261 cm³/mol. The minimum absolute atomic E-state index is 0.0470. The van der Waals surface area contributed by atoms with Crippen molar-refractivity contribution in [3.63, 3.8) is 0 Å². The summed E-state index contributed by atoms with van der Waals surface area (Å²) >= 11 is 0. The van der Waals surface area contributed by atoms with Gasteiger partial charge in [-0.15, -0.1) is 0 Å². The molecule has 26 heteroatoms. The topological polar surface area (TPSA) is 352 Å². The van der Waals surface area contributed by atoms with Crippen LogP contribution in [0.3, 0.4) is 0 Å². The van der Waals surface area contributed by atoms with Gasteiger partial charge in [-0.1, -0.05) is 82.8 Å². The number of fused-ring (bicyclic) bond motifs is 4. The average Bonchev–Trinajstić information content (AvgIpc) is 3.48. The van der Waals surface area contributed by atoms with Crippen molar-refractivity contribution in [2.24, 2.45) is 0 Å². The molecule has 1 heterocycles. The van der Waals surface area contributed by atoms with Crippen LogP contribution in [-0.4, -0.2) is 77.8 Å². The molecule has 72 heavy (non-hydrogen) atoms. The van der Waals surface area contributed by atoms with E-state index in [1.54, 1.807) is 39.8 Å². The predicted octanol–water partition coefficient (Wildman–Crippen LogP) is 6.27. The van der Waals surface area contributed by atoms with Crippen molar-refractivity contribution in [3.8, 4) is 0 Å². The maximum Gasteiger partial charge on any atom is 0.295 e. The minimum Gasteiger partial charge on any atom is -0.744 e. The molecule has 0 saturated carbocycles. The van der Waals surface area contributed by atoms with Gasteiger partial charge < -0.3 is 14.0 Å². The molecule has 0 spiro atoms. The van der Waals surface area contributed by atoms with E-state index in [0.29, 0.717) is 16.8 Å². The van der Waals surface area contributed by atoms with Gasteiger partial charge in [-0.3, -0.25) is 23.5 Å². The Kier molecular flexibility index (Phi) is 13.6. The van der Waals surface area contributed by atoms with Crippen LogP contribution < -0.4 is 10.2 Å². The van der Waals surface area contributed by atoms with E-state index in [1.165, 1.54) is 64.8 Å². The molecule has 380 valence electrons. The van der Waals surface area contributed by atoms with E-state index < -0.39 is 101 Å². The van der Waals surface area contributed by atoms with Crippen LogP contribution in [0.25, 0.3) is 21.5 Å². The molecular formula is C46H41N2O18S6-. The van der Waals surface area contributed by atoms with Gasteiger partial charge in [-0.2, -0.15) is 33.7 Å². The fraction of sp³-hybridized carbons (Fsp3) is 0.130. The molecule has 1 aliphatic rings. The van der Waals surface area contributed by atoms with Crippen molar-refractivity contribution in [2.45, 2.75) is 67.9 Å². The first-order chi connectivity index (χ1) is 32.9.